The summed E-state index contributed by atoms with van der Waals surface area (Å²) in [6.07, 6.45) is -1.62. The molecule has 0 aromatic rings. The van der Waals surface area contributed by atoms with E-state index in [2.05, 4.69) is 0 Å². The van der Waals surface area contributed by atoms with Gasteiger partial charge < -0.3 is 14.9 Å². The molecular weight excluding hydrogens is 247 g/mol. The molecule has 2 bridgehead atoms. The Hall–Kier alpha value is -0.520. The predicted molar refractivity (Wildman–Crippen MR) is 50.2 cm³/mol. The molecule has 2 fully saturated rings. The van der Waals surface area contributed by atoms with Crippen LogP contribution in [0.4, 0.5) is 0 Å². The molecule has 5 nitrogen and oxygen atoms in total. The average Bonchev–Trinajstić information content (AvgIpc) is 2.64. The SMILES string of the molecule is O=C(O)[C@H]1[C@H]2O[C@@H]([C@@H](Cl)[C@H]2Cl)[C@@H]1C(=O)O. The van der Waals surface area contributed by atoms with Crippen molar-refractivity contribution >= 4 is 35.1 Å². The molecule has 0 aromatic heterocycles. The molecule has 0 aliphatic carbocycles. The lowest BCUT2D eigenvalue weighted by Crippen LogP contribution is -2.47. The summed E-state index contributed by atoms with van der Waals surface area (Å²) in [5, 5.41) is 16.5. The lowest BCUT2D eigenvalue weighted by molar-refractivity contribution is -0.153. The summed E-state index contributed by atoms with van der Waals surface area (Å²) in [4.78, 5) is 21.8. The van der Waals surface area contributed by atoms with E-state index in [1.165, 1.54) is 0 Å². The number of halogens is 2. The van der Waals surface area contributed by atoms with Crippen LogP contribution < -0.4 is 0 Å². The van der Waals surface area contributed by atoms with E-state index >= 15 is 0 Å². The molecule has 84 valence electrons. The summed E-state index contributed by atoms with van der Waals surface area (Å²) >= 11 is 11.7. The van der Waals surface area contributed by atoms with Crippen LogP contribution in [-0.4, -0.2) is 45.1 Å². The van der Waals surface area contributed by atoms with Crippen LogP contribution in [-0.2, 0) is 14.3 Å². The van der Waals surface area contributed by atoms with Crippen LogP contribution in [0, 0.1) is 11.8 Å². The first-order valence-electron chi connectivity index (χ1n) is 4.34. The minimum Gasteiger partial charge on any atom is -0.481 e. The second kappa shape index (κ2) is 3.50. The molecule has 2 aliphatic rings. The molecule has 0 radical (unpaired) electrons. The van der Waals surface area contributed by atoms with E-state index in [0.29, 0.717) is 0 Å². The molecule has 0 amide bonds. The summed E-state index contributed by atoms with van der Waals surface area (Å²) in [5.74, 6) is -4.62. The lowest BCUT2D eigenvalue weighted by Gasteiger charge is -2.27. The highest BCUT2D eigenvalue weighted by Gasteiger charge is 2.63. The number of carboxylic acid groups (broad SMARTS) is 2. The molecule has 0 saturated carbocycles. The Morgan fingerprint density at radius 3 is 1.53 bits per heavy atom. The Morgan fingerprint density at radius 2 is 1.27 bits per heavy atom. The van der Waals surface area contributed by atoms with Crippen molar-refractivity contribution in [1.82, 2.24) is 0 Å². The normalized spacial score (nSPS) is 48.1. The molecule has 2 heterocycles. The molecule has 0 aromatic carbocycles. The fourth-order valence-corrected chi connectivity index (χ4v) is 2.98. The van der Waals surface area contributed by atoms with Gasteiger partial charge in [-0.3, -0.25) is 9.59 Å². The Labute approximate surface area is 94.9 Å². The van der Waals surface area contributed by atoms with E-state index in [1.807, 2.05) is 0 Å². The van der Waals surface area contributed by atoms with Gasteiger partial charge in [-0.1, -0.05) is 0 Å². The molecular formula is C8H8Cl2O5. The summed E-state index contributed by atoms with van der Waals surface area (Å²) in [6.45, 7) is 0. The summed E-state index contributed by atoms with van der Waals surface area (Å²) < 4.78 is 5.22. The third kappa shape index (κ3) is 1.41. The Kier molecular flexibility index (Phi) is 2.56. The molecule has 0 spiro atoms. The monoisotopic (exact) mass is 254 g/mol. The van der Waals surface area contributed by atoms with Crippen molar-refractivity contribution in [3.8, 4) is 0 Å². The van der Waals surface area contributed by atoms with Crippen LogP contribution >= 0.6 is 23.2 Å². The van der Waals surface area contributed by atoms with Gasteiger partial charge >= 0.3 is 11.9 Å². The van der Waals surface area contributed by atoms with Crippen molar-refractivity contribution < 1.29 is 24.5 Å². The zero-order valence-corrected chi connectivity index (χ0v) is 8.85. The first-order valence-corrected chi connectivity index (χ1v) is 5.21. The van der Waals surface area contributed by atoms with Crippen molar-refractivity contribution in [3.63, 3.8) is 0 Å². The van der Waals surface area contributed by atoms with E-state index in [-0.39, 0.29) is 0 Å². The number of carboxylic acids is 2. The first kappa shape index (κ1) is 11.0. The van der Waals surface area contributed by atoms with Gasteiger partial charge in [0.1, 0.15) is 11.8 Å². The second-order valence-corrected chi connectivity index (χ2v) is 4.69. The highest BCUT2D eigenvalue weighted by Crippen LogP contribution is 2.48. The minimum absolute atomic E-state index is 0.645. The van der Waals surface area contributed by atoms with Gasteiger partial charge in [0, 0.05) is 0 Å². The quantitative estimate of drug-likeness (QED) is 0.697. The molecule has 2 aliphatic heterocycles. The third-order valence-electron chi connectivity index (χ3n) is 2.91. The largest absolute Gasteiger partial charge is 0.481 e. The minimum atomic E-state index is -1.20. The molecule has 2 saturated heterocycles. The van der Waals surface area contributed by atoms with Crippen molar-refractivity contribution in [3.05, 3.63) is 0 Å². The zero-order chi connectivity index (χ0) is 11.3. The Morgan fingerprint density at radius 1 is 0.933 bits per heavy atom. The van der Waals surface area contributed by atoms with Gasteiger partial charge in [0.15, 0.2) is 0 Å². The maximum atomic E-state index is 10.9. The Bertz CT molecular complexity index is 290. The summed E-state index contributed by atoms with van der Waals surface area (Å²) in [7, 11) is 0. The van der Waals surface area contributed by atoms with Gasteiger partial charge in [-0.15, -0.1) is 23.2 Å². The van der Waals surface area contributed by atoms with Crippen molar-refractivity contribution in [1.29, 1.82) is 0 Å². The van der Waals surface area contributed by atoms with E-state index in [9.17, 15) is 9.59 Å². The van der Waals surface area contributed by atoms with Crippen LogP contribution in [0.3, 0.4) is 0 Å². The summed E-state index contributed by atoms with van der Waals surface area (Å²) in [5.41, 5.74) is 0. The van der Waals surface area contributed by atoms with Crippen LogP contribution in [0.1, 0.15) is 0 Å². The highest BCUT2D eigenvalue weighted by atomic mass is 35.5. The number of alkyl halides is 2. The number of carbonyl (C=O) groups is 2. The summed E-state index contributed by atoms with van der Waals surface area (Å²) in [6, 6.07) is 0. The van der Waals surface area contributed by atoms with Gasteiger partial charge in [0.25, 0.3) is 0 Å². The standard InChI is InChI=1S/C8H8Cl2O5/c9-3-4(10)6-2(8(13)14)1(7(11)12)5(3)15-6/h1-6H,(H,11,12)(H,13,14)/t1-,2-,3-,4+,5-,6-/m1/s1. The number of ether oxygens (including phenoxy) is 1. The lowest BCUT2D eigenvalue weighted by atomic mass is 9.79. The molecule has 2 N–H and O–H groups in total. The van der Waals surface area contributed by atoms with Gasteiger partial charge in [0.05, 0.1) is 23.0 Å². The van der Waals surface area contributed by atoms with Gasteiger partial charge in [0.2, 0.25) is 0 Å². The second-order valence-electron chi connectivity index (χ2n) is 3.68. The topological polar surface area (TPSA) is 83.8 Å². The zero-order valence-electron chi connectivity index (χ0n) is 7.34. The molecule has 15 heavy (non-hydrogen) atoms. The number of fused-ring (bicyclic) bond motifs is 2. The van der Waals surface area contributed by atoms with Crippen LogP contribution in [0.15, 0.2) is 0 Å². The molecule has 2 rings (SSSR count). The maximum absolute atomic E-state index is 10.9. The smallest absolute Gasteiger partial charge is 0.310 e. The highest BCUT2D eigenvalue weighted by molar-refractivity contribution is 6.31. The number of hydrogen-bond acceptors (Lipinski definition) is 3. The van der Waals surface area contributed by atoms with Gasteiger partial charge in [-0.25, -0.2) is 0 Å². The first-order chi connectivity index (χ1) is 6.95. The third-order valence-corrected chi connectivity index (χ3v) is 4.08. The number of aliphatic carboxylic acids is 2. The molecule has 6 atom stereocenters. The van der Waals surface area contributed by atoms with Crippen molar-refractivity contribution in [2.75, 3.05) is 0 Å². The maximum Gasteiger partial charge on any atom is 0.310 e. The van der Waals surface area contributed by atoms with Gasteiger partial charge in [-0.2, -0.15) is 0 Å². The Balaban J connectivity index is 2.32. The number of rotatable bonds is 2. The average molecular weight is 255 g/mol. The molecule has 7 heteroatoms. The number of hydrogen-bond donors (Lipinski definition) is 2. The van der Waals surface area contributed by atoms with Crippen LogP contribution in [0.2, 0.25) is 0 Å². The van der Waals surface area contributed by atoms with Crippen molar-refractivity contribution in [2.24, 2.45) is 11.8 Å². The van der Waals surface area contributed by atoms with E-state index in [4.69, 9.17) is 38.2 Å². The van der Waals surface area contributed by atoms with Gasteiger partial charge in [-0.05, 0) is 0 Å². The van der Waals surface area contributed by atoms with Crippen molar-refractivity contribution in [2.45, 2.75) is 23.0 Å². The van der Waals surface area contributed by atoms with E-state index in [1.54, 1.807) is 0 Å². The molecule has 0 unspecified atom stereocenters. The van der Waals surface area contributed by atoms with Crippen LogP contribution in [0.25, 0.3) is 0 Å². The van der Waals surface area contributed by atoms with Crippen LogP contribution in [0.5, 0.6) is 0 Å². The fraction of sp³-hybridized carbons (Fsp3) is 0.750. The van der Waals surface area contributed by atoms with E-state index in [0.717, 1.165) is 0 Å². The predicted octanol–water partition coefficient (Wildman–Crippen LogP) is 0.384. The van der Waals surface area contributed by atoms with E-state index < -0.39 is 46.7 Å². The fourth-order valence-electron chi connectivity index (χ4n) is 2.26.